The van der Waals surface area contributed by atoms with Crippen LogP contribution in [0.5, 0.6) is 11.5 Å². The number of methoxy groups -OCH3 is 1. The summed E-state index contributed by atoms with van der Waals surface area (Å²) in [5.74, 6) is 1.45. The number of benzene rings is 2. The molecule has 0 radical (unpaired) electrons. The first-order valence-electron chi connectivity index (χ1n) is 8.60. The summed E-state index contributed by atoms with van der Waals surface area (Å²) in [6, 6.07) is 13.3. The average Bonchev–Trinajstić information content (AvgIpc) is 2.74. The monoisotopic (exact) mass is 446 g/mol. The topological polar surface area (TPSA) is 98.9 Å². The van der Waals surface area contributed by atoms with Crippen molar-refractivity contribution in [2.75, 3.05) is 12.5 Å². The largest absolute Gasteiger partial charge is 0.493 e. The molecule has 0 saturated carbocycles. The van der Waals surface area contributed by atoms with E-state index in [0.717, 1.165) is 17.3 Å². The van der Waals surface area contributed by atoms with Gasteiger partial charge < -0.3 is 9.47 Å². The number of nitrogens with one attached hydrogen (secondary N) is 1. The molecule has 0 amide bonds. The molecule has 0 bridgehead atoms. The van der Waals surface area contributed by atoms with Crippen molar-refractivity contribution in [3.05, 3.63) is 86.0 Å². The number of hydrogen-bond acceptors (Lipinski definition) is 7. The smallest absolute Gasteiger partial charge is 0.287 e. The van der Waals surface area contributed by atoms with Gasteiger partial charge in [0, 0.05) is 21.7 Å². The van der Waals surface area contributed by atoms with Crippen LogP contribution in [0.4, 0.5) is 11.5 Å². The Morgan fingerprint density at radius 1 is 1.17 bits per heavy atom. The van der Waals surface area contributed by atoms with Crippen molar-refractivity contribution < 1.29 is 14.4 Å². The Morgan fingerprint density at radius 2 is 2.00 bits per heavy atom. The number of hydrogen-bond donors (Lipinski definition) is 1. The van der Waals surface area contributed by atoms with Crippen molar-refractivity contribution in [3.63, 3.8) is 0 Å². The second-order valence-electron chi connectivity index (χ2n) is 5.96. The van der Waals surface area contributed by atoms with Gasteiger partial charge in [0.25, 0.3) is 5.69 Å². The quantitative estimate of drug-likeness (QED) is 0.285. The number of nitro groups is 1. The molecule has 2 aromatic carbocycles. The summed E-state index contributed by atoms with van der Waals surface area (Å²) < 4.78 is 11.2. The molecule has 30 heavy (non-hydrogen) atoms. The van der Waals surface area contributed by atoms with Gasteiger partial charge in [-0.2, -0.15) is 5.10 Å². The first-order chi connectivity index (χ1) is 14.5. The minimum atomic E-state index is -0.517. The Morgan fingerprint density at radius 3 is 2.67 bits per heavy atom. The van der Waals surface area contributed by atoms with Gasteiger partial charge in [0.1, 0.15) is 18.6 Å². The Kier molecular flexibility index (Phi) is 7.05. The van der Waals surface area contributed by atoms with E-state index in [0.29, 0.717) is 27.4 Å². The highest BCUT2D eigenvalue weighted by Crippen LogP contribution is 2.30. The number of halogens is 2. The fraction of sp³-hybridized carbons (Fsp3) is 0.100. The lowest BCUT2D eigenvalue weighted by Gasteiger charge is -2.12. The molecule has 0 saturated heterocycles. The lowest BCUT2D eigenvalue weighted by Crippen LogP contribution is -1.99. The number of rotatable bonds is 8. The molecular weight excluding hydrogens is 431 g/mol. The molecule has 1 heterocycles. The van der Waals surface area contributed by atoms with Crippen LogP contribution in [0.15, 0.2) is 59.8 Å². The zero-order valence-corrected chi connectivity index (χ0v) is 17.2. The summed E-state index contributed by atoms with van der Waals surface area (Å²) in [6.07, 6.45) is 2.71. The van der Waals surface area contributed by atoms with E-state index < -0.39 is 4.92 Å². The van der Waals surface area contributed by atoms with Gasteiger partial charge in [-0.15, -0.1) is 0 Å². The molecule has 0 aliphatic rings. The van der Waals surface area contributed by atoms with Gasteiger partial charge in [-0.25, -0.2) is 4.98 Å². The highest BCUT2D eigenvalue weighted by atomic mass is 35.5. The molecule has 10 heteroatoms. The molecular formula is C20H16Cl2N4O4. The van der Waals surface area contributed by atoms with Crippen molar-refractivity contribution in [1.29, 1.82) is 0 Å². The normalized spacial score (nSPS) is 10.8. The maximum absolute atomic E-state index is 10.6. The number of nitrogens with zero attached hydrogens (tertiary/aromatic N) is 3. The van der Waals surface area contributed by atoms with Crippen LogP contribution in [0.1, 0.15) is 11.1 Å². The summed E-state index contributed by atoms with van der Waals surface area (Å²) in [6.45, 7) is 0.257. The predicted molar refractivity (Wildman–Crippen MR) is 116 cm³/mol. The summed E-state index contributed by atoms with van der Waals surface area (Å²) >= 11 is 12.1. The zero-order valence-electron chi connectivity index (χ0n) is 15.7. The van der Waals surface area contributed by atoms with Crippen LogP contribution in [0, 0.1) is 10.1 Å². The molecule has 0 aliphatic carbocycles. The molecule has 8 nitrogen and oxygen atoms in total. The second-order valence-corrected chi connectivity index (χ2v) is 6.81. The minimum Gasteiger partial charge on any atom is -0.493 e. The van der Waals surface area contributed by atoms with Crippen LogP contribution in [0.25, 0.3) is 0 Å². The van der Waals surface area contributed by atoms with Gasteiger partial charge in [0.15, 0.2) is 11.5 Å². The maximum atomic E-state index is 10.6. The lowest BCUT2D eigenvalue weighted by atomic mass is 10.2. The summed E-state index contributed by atoms with van der Waals surface area (Å²) in [5.41, 5.74) is 4.16. The Bertz CT molecular complexity index is 1070. The highest BCUT2D eigenvalue weighted by Gasteiger charge is 2.08. The number of hydrazone groups is 1. The Hall–Kier alpha value is -3.36. The minimum absolute atomic E-state index is 0.0928. The molecule has 3 rings (SSSR count). The van der Waals surface area contributed by atoms with Crippen molar-refractivity contribution in [2.24, 2.45) is 5.10 Å². The van der Waals surface area contributed by atoms with Crippen LogP contribution < -0.4 is 14.9 Å². The van der Waals surface area contributed by atoms with Crippen LogP contribution >= 0.6 is 23.2 Å². The van der Waals surface area contributed by atoms with Crippen molar-refractivity contribution >= 4 is 40.9 Å². The SMILES string of the molecule is COc1cc(/C=N/Nc2ccc([N+](=O)[O-])cn2)ccc1OCc1ccc(Cl)cc1Cl. The van der Waals surface area contributed by atoms with Crippen molar-refractivity contribution in [2.45, 2.75) is 6.61 Å². The molecule has 0 aliphatic heterocycles. The first-order valence-corrected chi connectivity index (χ1v) is 9.36. The molecule has 0 spiro atoms. The van der Waals surface area contributed by atoms with Crippen molar-refractivity contribution in [1.82, 2.24) is 4.98 Å². The summed E-state index contributed by atoms with van der Waals surface area (Å²) in [5, 5.41) is 15.8. The van der Waals surface area contributed by atoms with E-state index in [-0.39, 0.29) is 12.3 Å². The van der Waals surface area contributed by atoms with Crippen LogP contribution in [-0.4, -0.2) is 23.2 Å². The third-order valence-corrected chi connectivity index (χ3v) is 4.52. The van der Waals surface area contributed by atoms with E-state index in [2.05, 4.69) is 15.5 Å². The number of ether oxygens (including phenoxy) is 2. The lowest BCUT2D eigenvalue weighted by molar-refractivity contribution is -0.385. The van der Waals surface area contributed by atoms with Gasteiger partial charge in [0.05, 0.1) is 18.2 Å². The third-order valence-electron chi connectivity index (χ3n) is 3.94. The molecule has 1 N–H and O–H groups in total. The average molecular weight is 447 g/mol. The third kappa shape index (κ3) is 5.59. The van der Waals surface area contributed by atoms with E-state index in [1.165, 1.54) is 19.2 Å². The van der Waals surface area contributed by atoms with Crippen LogP contribution in [0.3, 0.4) is 0 Å². The van der Waals surface area contributed by atoms with Gasteiger partial charge in [0.2, 0.25) is 0 Å². The van der Waals surface area contributed by atoms with E-state index in [4.69, 9.17) is 32.7 Å². The van der Waals surface area contributed by atoms with Gasteiger partial charge in [-0.1, -0.05) is 29.3 Å². The van der Waals surface area contributed by atoms with Gasteiger partial charge >= 0.3 is 0 Å². The van der Waals surface area contributed by atoms with Crippen molar-refractivity contribution in [3.8, 4) is 11.5 Å². The zero-order chi connectivity index (χ0) is 21.5. The second kappa shape index (κ2) is 9.91. The number of pyridine rings is 1. The molecule has 0 unspecified atom stereocenters. The molecule has 0 atom stereocenters. The molecule has 1 aromatic heterocycles. The Balaban J connectivity index is 1.64. The summed E-state index contributed by atoms with van der Waals surface area (Å²) in [7, 11) is 1.54. The van der Waals surface area contributed by atoms with Crippen LogP contribution in [-0.2, 0) is 6.61 Å². The van der Waals surface area contributed by atoms with E-state index in [1.807, 2.05) is 0 Å². The van der Waals surface area contributed by atoms with Crippen LogP contribution in [0.2, 0.25) is 10.0 Å². The highest BCUT2D eigenvalue weighted by molar-refractivity contribution is 6.35. The number of anilines is 1. The van der Waals surface area contributed by atoms with E-state index in [1.54, 1.807) is 42.6 Å². The first kappa shape index (κ1) is 21.4. The van der Waals surface area contributed by atoms with E-state index >= 15 is 0 Å². The standard InChI is InChI=1S/C20H16Cl2N4O4/c1-29-19-8-13(10-24-25-20-7-5-16(11-23-20)26(27)28)2-6-18(19)30-12-14-3-4-15(21)9-17(14)22/h2-11H,12H2,1H3,(H,23,25)/b24-10+. The molecule has 3 aromatic rings. The fourth-order valence-electron chi connectivity index (χ4n) is 2.41. The van der Waals surface area contributed by atoms with Gasteiger partial charge in [-0.05, 0) is 42.0 Å². The van der Waals surface area contributed by atoms with E-state index in [9.17, 15) is 10.1 Å². The summed E-state index contributed by atoms with van der Waals surface area (Å²) in [4.78, 5) is 14.0. The fourth-order valence-corrected chi connectivity index (χ4v) is 2.87. The van der Waals surface area contributed by atoms with Gasteiger partial charge in [-0.3, -0.25) is 15.5 Å². The maximum Gasteiger partial charge on any atom is 0.287 e. The molecule has 154 valence electrons. The molecule has 0 fully saturated rings. The number of aromatic nitrogens is 1. The predicted octanol–water partition coefficient (Wildman–Crippen LogP) is 5.33. The Labute approximate surface area is 182 Å².